The lowest BCUT2D eigenvalue weighted by Gasteiger charge is -2.11. The zero-order chi connectivity index (χ0) is 11.4. The molecule has 0 aliphatic heterocycles. The molecule has 0 amide bonds. The Labute approximate surface area is 92.6 Å². The number of hydrogen-bond acceptors (Lipinski definition) is 2. The molecule has 1 unspecified atom stereocenters. The summed E-state index contributed by atoms with van der Waals surface area (Å²) in [4.78, 5) is 0. The molecule has 0 saturated heterocycles. The molecule has 1 atom stereocenters. The first-order valence-electron chi connectivity index (χ1n) is 5.70. The van der Waals surface area contributed by atoms with E-state index in [1.807, 2.05) is 6.20 Å². The molecule has 0 spiro atoms. The van der Waals surface area contributed by atoms with Crippen molar-refractivity contribution in [2.75, 3.05) is 0 Å². The van der Waals surface area contributed by atoms with Crippen molar-refractivity contribution < 1.29 is 8.78 Å². The SMILES string of the molecule is NC1(c2cnn(C3CCC(F)(F)C3)c2)CC1. The summed E-state index contributed by atoms with van der Waals surface area (Å²) >= 11 is 0. The highest BCUT2D eigenvalue weighted by molar-refractivity contribution is 5.24. The van der Waals surface area contributed by atoms with Crippen molar-refractivity contribution in [3.05, 3.63) is 18.0 Å². The van der Waals surface area contributed by atoms with Gasteiger partial charge in [0.15, 0.2) is 0 Å². The first kappa shape index (κ1) is 10.2. The smallest absolute Gasteiger partial charge is 0.250 e. The lowest BCUT2D eigenvalue weighted by Crippen LogP contribution is -2.18. The fourth-order valence-electron chi connectivity index (χ4n) is 2.37. The third-order valence-electron chi connectivity index (χ3n) is 3.72. The number of hydrogen-bond donors (Lipinski definition) is 1. The lowest BCUT2D eigenvalue weighted by molar-refractivity contribution is 0.00518. The zero-order valence-electron chi connectivity index (χ0n) is 9.00. The number of alkyl halides is 2. The minimum absolute atomic E-state index is 0.0272. The van der Waals surface area contributed by atoms with Crippen molar-refractivity contribution in [1.29, 1.82) is 0 Å². The molecule has 88 valence electrons. The molecule has 5 heteroatoms. The Kier molecular flexibility index (Phi) is 1.93. The zero-order valence-corrected chi connectivity index (χ0v) is 9.00. The molecule has 0 radical (unpaired) electrons. The molecule has 3 rings (SSSR count). The van der Waals surface area contributed by atoms with Crippen molar-refractivity contribution in [3.8, 4) is 0 Å². The Balaban J connectivity index is 1.78. The van der Waals surface area contributed by atoms with Crippen molar-refractivity contribution in [1.82, 2.24) is 9.78 Å². The Morgan fingerprint density at radius 2 is 2.12 bits per heavy atom. The van der Waals surface area contributed by atoms with Crippen LogP contribution in [0.3, 0.4) is 0 Å². The molecule has 3 nitrogen and oxygen atoms in total. The van der Waals surface area contributed by atoms with Crippen LogP contribution in [0.5, 0.6) is 0 Å². The van der Waals surface area contributed by atoms with Gasteiger partial charge >= 0.3 is 0 Å². The Morgan fingerprint density at radius 1 is 1.38 bits per heavy atom. The van der Waals surface area contributed by atoms with Gasteiger partial charge in [0.05, 0.1) is 12.2 Å². The highest BCUT2D eigenvalue weighted by Gasteiger charge is 2.43. The Bertz CT molecular complexity index is 409. The largest absolute Gasteiger partial charge is 0.321 e. The molecule has 2 N–H and O–H groups in total. The molecule has 0 aromatic carbocycles. The van der Waals surface area contributed by atoms with E-state index in [1.165, 1.54) is 0 Å². The maximum absolute atomic E-state index is 13.1. The maximum atomic E-state index is 13.1. The molecule has 0 bridgehead atoms. The van der Waals surface area contributed by atoms with E-state index in [2.05, 4.69) is 5.10 Å². The number of aromatic nitrogens is 2. The average molecular weight is 227 g/mol. The van der Waals surface area contributed by atoms with Crippen LogP contribution in [0.25, 0.3) is 0 Å². The van der Waals surface area contributed by atoms with Gasteiger partial charge in [0.1, 0.15) is 0 Å². The maximum Gasteiger partial charge on any atom is 0.250 e. The van der Waals surface area contributed by atoms with Gasteiger partial charge in [0.2, 0.25) is 5.92 Å². The predicted molar refractivity (Wildman–Crippen MR) is 55.2 cm³/mol. The average Bonchev–Trinajstić information content (AvgIpc) is 2.68. The summed E-state index contributed by atoms with van der Waals surface area (Å²) in [5, 5.41) is 4.17. The van der Waals surface area contributed by atoms with Crippen molar-refractivity contribution in [2.45, 2.75) is 49.6 Å². The van der Waals surface area contributed by atoms with Gasteiger partial charge in [-0.3, -0.25) is 4.68 Å². The van der Waals surface area contributed by atoms with Crippen LogP contribution < -0.4 is 5.73 Å². The van der Waals surface area contributed by atoms with Gasteiger partial charge in [-0.1, -0.05) is 0 Å². The van der Waals surface area contributed by atoms with Crippen molar-refractivity contribution in [2.24, 2.45) is 5.73 Å². The fourth-order valence-corrected chi connectivity index (χ4v) is 2.37. The second-order valence-electron chi connectivity index (χ2n) is 5.12. The summed E-state index contributed by atoms with van der Waals surface area (Å²) in [5.74, 6) is -2.52. The van der Waals surface area contributed by atoms with Gasteiger partial charge in [-0.15, -0.1) is 0 Å². The first-order valence-corrected chi connectivity index (χ1v) is 5.70. The van der Waals surface area contributed by atoms with Crippen LogP contribution in [0.15, 0.2) is 12.4 Å². The molecule has 2 fully saturated rings. The first-order chi connectivity index (χ1) is 7.49. The van der Waals surface area contributed by atoms with Gasteiger partial charge in [0.25, 0.3) is 0 Å². The van der Waals surface area contributed by atoms with E-state index in [-0.39, 0.29) is 24.4 Å². The quantitative estimate of drug-likeness (QED) is 0.841. The minimum atomic E-state index is -2.52. The van der Waals surface area contributed by atoms with E-state index in [0.29, 0.717) is 6.42 Å². The fraction of sp³-hybridized carbons (Fsp3) is 0.727. The molecule has 16 heavy (non-hydrogen) atoms. The molecular formula is C11H15F2N3. The van der Waals surface area contributed by atoms with Gasteiger partial charge in [0, 0.05) is 30.1 Å². The number of nitrogens with two attached hydrogens (primary N) is 1. The predicted octanol–water partition coefficient (Wildman–Crippen LogP) is 2.19. The van der Waals surface area contributed by atoms with E-state index in [1.54, 1.807) is 10.9 Å². The van der Waals surface area contributed by atoms with Gasteiger partial charge < -0.3 is 5.73 Å². The van der Waals surface area contributed by atoms with E-state index in [9.17, 15) is 8.78 Å². The molecule has 2 aliphatic carbocycles. The molecule has 1 aromatic rings. The number of rotatable bonds is 2. The summed E-state index contributed by atoms with van der Waals surface area (Å²) in [6.07, 6.45) is 5.90. The van der Waals surface area contributed by atoms with Crippen LogP contribution in [-0.2, 0) is 5.54 Å². The standard InChI is InChI=1S/C11H15F2N3/c12-11(13)2-1-9(5-11)16-7-8(6-15-16)10(14)3-4-10/h6-7,9H,1-5,14H2. The summed E-state index contributed by atoms with van der Waals surface area (Å²) in [7, 11) is 0. The Hall–Kier alpha value is -0.970. The molecule has 2 aliphatic rings. The van der Waals surface area contributed by atoms with Crippen LogP contribution in [0.1, 0.15) is 43.7 Å². The van der Waals surface area contributed by atoms with E-state index in [4.69, 9.17) is 5.73 Å². The van der Waals surface area contributed by atoms with E-state index >= 15 is 0 Å². The molecular weight excluding hydrogens is 212 g/mol. The van der Waals surface area contributed by atoms with Gasteiger partial charge in [-0.2, -0.15) is 5.10 Å². The third-order valence-corrected chi connectivity index (χ3v) is 3.72. The second kappa shape index (κ2) is 3.03. The highest BCUT2D eigenvalue weighted by atomic mass is 19.3. The van der Waals surface area contributed by atoms with Crippen molar-refractivity contribution in [3.63, 3.8) is 0 Å². The molecule has 1 aromatic heterocycles. The number of halogens is 2. The number of nitrogens with zero attached hydrogens (tertiary/aromatic N) is 2. The molecule has 1 heterocycles. The highest BCUT2D eigenvalue weighted by Crippen LogP contribution is 2.44. The normalized spacial score (nSPS) is 30.6. The van der Waals surface area contributed by atoms with E-state index < -0.39 is 5.92 Å². The van der Waals surface area contributed by atoms with Crippen LogP contribution >= 0.6 is 0 Å². The summed E-state index contributed by atoms with van der Waals surface area (Å²) in [5.41, 5.74) is 6.80. The third kappa shape index (κ3) is 1.63. The topological polar surface area (TPSA) is 43.8 Å². The summed E-state index contributed by atoms with van der Waals surface area (Å²) < 4.78 is 27.8. The summed E-state index contributed by atoms with van der Waals surface area (Å²) in [6.45, 7) is 0. The van der Waals surface area contributed by atoms with Crippen LogP contribution in [0.2, 0.25) is 0 Å². The van der Waals surface area contributed by atoms with Crippen LogP contribution in [0, 0.1) is 0 Å². The van der Waals surface area contributed by atoms with Gasteiger partial charge in [-0.25, -0.2) is 8.78 Å². The second-order valence-corrected chi connectivity index (χ2v) is 5.12. The minimum Gasteiger partial charge on any atom is -0.321 e. The lowest BCUT2D eigenvalue weighted by atomic mass is 10.1. The summed E-state index contributed by atoms with van der Waals surface area (Å²) in [6, 6.07) is -0.161. The van der Waals surface area contributed by atoms with Gasteiger partial charge in [-0.05, 0) is 19.3 Å². The van der Waals surface area contributed by atoms with E-state index in [0.717, 1.165) is 18.4 Å². The van der Waals surface area contributed by atoms with Crippen LogP contribution in [0.4, 0.5) is 8.78 Å². The monoisotopic (exact) mass is 227 g/mol. The molecule has 2 saturated carbocycles. The van der Waals surface area contributed by atoms with Crippen LogP contribution in [-0.4, -0.2) is 15.7 Å². The Morgan fingerprint density at radius 3 is 2.69 bits per heavy atom. The van der Waals surface area contributed by atoms with Crippen molar-refractivity contribution >= 4 is 0 Å².